The number of halogens is 3. The zero-order valence-corrected chi connectivity index (χ0v) is 25.7. The van der Waals surface area contributed by atoms with Crippen LogP contribution in [0.5, 0.6) is 0 Å². The zero-order chi connectivity index (χ0) is 34.0. The average Bonchev–Trinajstić information content (AvgIpc) is 3.42. The molecule has 2 aromatic heterocycles. The Hall–Kier alpha value is -2.63. The summed E-state index contributed by atoms with van der Waals surface area (Å²) in [6.07, 6.45) is -7.05. The third-order valence-electron chi connectivity index (χ3n) is 5.47. The molecule has 1 saturated heterocycles. The van der Waals surface area contributed by atoms with Crippen LogP contribution in [0.1, 0.15) is 32.1 Å². The third kappa shape index (κ3) is 10.7. The normalized spacial score (nSPS) is 21.7. The number of nitrogen functional groups attached to an aromatic ring is 1. The molecule has 2 aromatic rings. The van der Waals surface area contributed by atoms with Crippen LogP contribution in [-0.2, 0) is 41.1 Å². The number of aromatic nitrogens is 3. The van der Waals surface area contributed by atoms with E-state index in [1.54, 1.807) is 5.32 Å². The number of rotatable bonds is 12. The maximum Gasteiger partial charge on any atom is 0.490 e. The van der Waals surface area contributed by atoms with Crippen LogP contribution in [0.2, 0.25) is 0 Å². The molecule has 252 valence electrons. The van der Waals surface area contributed by atoms with E-state index < -0.39 is 72.7 Å². The van der Waals surface area contributed by atoms with Crippen molar-refractivity contribution in [2.24, 2.45) is 5.92 Å². The number of nitrogens with one attached hydrogen (secondary N) is 2. The minimum Gasteiger partial charge on any atom is -0.375 e. The first-order chi connectivity index (χ1) is 20.6. The van der Waals surface area contributed by atoms with Crippen molar-refractivity contribution in [3.05, 3.63) is 22.1 Å². The highest BCUT2D eigenvalue weighted by Gasteiger charge is 2.44. The second kappa shape index (κ2) is 14.0. The Labute approximate surface area is 250 Å². The number of carbonyl (C=O) groups is 1. The van der Waals surface area contributed by atoms with Crippen molar-refractivity contribution in [1.82, 2.24) is 19.9 Å². The highest BCUT2D eigenvalue weighted by Crippen LogP contribution is 2.66. The number of anilines is 1. The monoisotopic (exact) mass is 711 g/mol. The van der Waals surface area contributed by atoms with Crippen molar-refractivity contribution in [3.8, 4) is 11.8 Å². The molecule has 0 saturated carbocycles. The molecule has 3 rings (SSSR count). The largest absolute Gasteiger partial charge is 0.490 e. The van der Waals surface area contributed by atoms with Crippen LogP contribution in [0.15, 0.2) is 11.0 Å². The van der Waals surface area contributed by atoms with Gasteiger partial charge in [0.2, 0.25) is 5.95 Å². The molecular formula is C20H27F3N5O14P3. The molecule has 0 aromatic carbocycles. The molecule has 1 amide bonds. The predicted molar refractivity (Wildman–Crippen MR) is 144 cm³/mol. The lowest BCUT2D eigenvalue weighted by molar-refractivity contribution is -0.173. The van der Waals surface area contributed by atoms with Crippen LogP contribution in [0.25, 0.3) is 11.0 Å². The summed E-state index contributed by atoms with van der Waals surface area (Å²) in [7, 11) is -16.9. The van der Waals surface area contributed by atoms with E-state index in [1.165, 1.54) is 10.8 Å². The number of amides is 1. The molecule has 0 radical (unpaired) electrons. The van der Waals surface area contributed by atoms with Crippen LogP contribution >= 0.6 is 23.5 Å². The summed E-state index contributed by atoms with van der Waals surface area (Å²) in [5.41, 5.74) is 4.79. The number of alkyl halides is 3. The smallest absolute Gasteiger partial charge is 0.375 e. The van der Waals surface area contributed by atoms with Gasteiger partial charge in [-0.3, -0.25) is 19.1 Å². The molecule has 0 spiro atoms. The molecule has 1 aliphatic rings. The summed E-state index contributed by atoms with van der Waals surface area (Å²) < 4.78 is 97.2. The number of carbonyl (C=O) groups excluding carboxylic acids is 1. The lowest BCUT2D eigenvalue weighted by atomic mass is 10.1. The van der Waals surface area contributed by atoms with Crippen molar-refractivity contribution in [3.63, 3.8) is 0 Å². The minimum atomic E-state index is -5.78. The zero-order valence-electron chi connectivity index (χ0n) is 23.0. The molecule has 0 bridgehead atoms. The van der Waals surface area contributed by atoms with Crippen molar-refractivity contribution < 1.29 is 73.9 Å². The lowest BCUT2D eigenvalue weighted by Gasteiger charge is -2.21. The summed E-state index contributed by atoms with van der Waals surface area (Å²) in [5.74, 6) is 2.22. The fraction of sp³-hybridized carbons (Fsp3) is 0.550. The maximum atomic E-state index is 12.7. The summed E-state index contributed by atoms with van der Waals surface area (Å²) >= 11 is 0. The summed E-state index contributed by atoms with van der Waals surface area (Å²) in [5, 5.41) is 1.42. The lowest BCUT2D eigenvalue weighted by Crippen LogP contribution is -2.36. The standard InChI is InChI=1S/C20H27F3N5O14P3/c1-10(2)8-38-12-6-14(40-13(12)9-39-44(34,35)42-45(36,37)41-43(31,32)33)28-7-11(4-3-5-25-18(30)20(21,22)23)15-16(28)26-19(24)27-17(15)29/h7,10,12-14H,5-6,8-9H2,1-2H3,(H,25,30)(H,34,35)(H,36,37)(H2,31,32,33)(H3,24,26,27,29)/t12-,13?,14-/m1/s1. The van der Waals surface area contributed by atoms with Gasteiger partial charge in [-0.2, -0.15) is 26.8 Å². The molecule has 8 N–H and O–H groups in total. The topological polar surface area (TPSA) is 284 Å². The number of nitrogens with zero attached hydrogens (tertiary/aromatic N) is 2. The van der Waals surface area contributed by atoms with E-state index in [-0.39, 0.29) is 41.5 Å². The van der Waals surface area contributed by atoms with Gasteiger partial charge in [0, 0.05) is 19.2 Å². The van der Waals surface area contributed by atoms with Gasteiger partial charge in [-0.15, -0.1) is 0 Å². The first kappa shape index (κ1) is 36.8. The summed E-state index contributed by atoms with van der Waals surface area (Å²) in [4.78, 5) is 66.6. The Balaban J connectivity index is 1.88. The molecule has 0 aliphatic carbocycles. The molecule has 1 fully saturated rings. The van der Waals surface area contributed by atoms with Crippen LogP contribution in [0.3, 0.4) is 0 Å². The molecule has 5 atom stereocenters. The fourth-order valence-corrected chi connectivity index (χ4v) is 6.86. The number of aromatic amines is 1. The second-order valence-corrected chi connectivity index (χ2v) is 14.0. The number of ether oxygens (including phenoxy) is 2. The Morgan fingerprint density at radius 2 is 1.91 bits per heavy atom. The van der Waals surface area contributed by atoms with E-state index in [1.807, 2.05) is 13.8 Å². The number of phosphoric ester groups is 1. The quantitative estimate of drug-likeness (QED) is 0.119. The summed E-state index contributed by atoms with van der Waals surface area (Å²) in [6.45, 7) is 2.22. The number of nitrogens with two attached hydrogens (primary N) is 1. The van der Waals surface area contributed by atoms with Gasteiger partial charge in [0.25, 0.3) is 5.56 Å². The molecule has 25 heteroatoms. The number of phosphoric acid groups is 3. The number of fused-ring (bicyclic) bond motifs is 1. The Morgan fingerprint density at radius 1 is 1.24 bits per heavy atom. The van der Waals surface area contributed by atoms with Crippen LogP contribution in [0, 0.1) is 17.8 Å². The Morgan fingerprint density at radius 3 is 2.51 bits per heavy atom. The predicted octanol–water partition coefficient (Wildman–Crippen LogP) is 1.01. The van der Waals surface area contributed by atoms with Gasteiger partial charge in [0.05, 0.1) is 30.2 Å². The van der Waals surface area contributed by atoms with Crippen molar-refractivity contribution in [1.29, 1.82) is 0 Å². The van der Waals surface area contributed by atoms with Crippen LogP contribution < -0.4 is 16.6 Å². The summed E-state index contributed by atoms with van der Waals surface area (Å²) in [6, 6.07) is 0. The molecule has 3 heterocycles. The maximum absolute atomic E-state index is 12.7. The van der Waals surface area contributed by atoms with E-state index >= 15 is 0 Å². The first-order valence-electron chi connectivity index (χ1n) is 12.4. The minimum absolute atomic E-state index is 0.00453. The van der Waals surface area contributed by atoms with Crippen LogP contribution in [0.4, 0.5) is 19.1 Å². The molecule has 19 nitrogen and oxygen atoms in total. The average molecular weight is 711 g/mol. The van der Waals surface area contributed by atoms with Gasteiger partial charge in [-0.25, -0.2) is 13.7 Å². The van der Waals surface area contributed by atoms with E-state index in [4.69, 9.17) is 29.5 Å². The molecule has 3 unspecified atom stereocenters. The van der Waals surface area contributed by atoms with Gasteiger partial charge in [0.1, 0.15) is 12.3 Å². The third-order valence-corrected chi connectivity index (χ3v) is 9.27. The molecular weight excluding hydrogens is 684 g/mol. The number of H-pyrrole nitrogens is 1. The molecule has 45 heavy (non-hydrogen) atoms. The van der Waals surface area contributed by atoms with Gasteiger partial charge in [0.15, 0.2) is 5.65 Å². The number of hydrogen-bond donors (Lipinski definition) is 7. The van der Waals surface area contributed by atoms with E-state index in [9.17, 15) is 46.2 Å². The highest BCUT2D eigenvalue weighted by atomic mass is 31.3. The van der Waals surface area contributed by atoms with Gasteiger partial charge < -0.3 is 44.7 Å². The number of hydrogen-bond acceptors (Lipinski definition) is 12. The SMILES string of the molecule is CC(C)CO[C@@H]1C[C@H](n2cc(C#CCNC(=O)C(F)(F)F)c3c(=O)[nH]c(N)nc32)OC1COP(=O)(O)OP(=O)(O)OP(=O)(O)O. The van der Waals surface area contributed by atoms with Gasteiger partial charge in [-0.05, 0) is 5.92 Å². The fourth-order valence-electron chi connectivity index (χ4n) is 3.83. The van der Waals surface area contributed by atoms with E-state index in [0.717, 1.165) is 0 Å². The van der Waals surface area contributed by atoms with Crippen LogP contribution in [-0.4, -0.2) is 78.2 Å². The van der Waals surface area contributed by atoms with Gasteiger partial charge >= 0.3 is 35.6 Å². The van der Waals surface area contributed by atoms with E-state index in [0.29, 0.717) is 0 Å². The Kier molecular flexibility index (Phi) is 11.5. The Bertz CT molecular complexity index is 1680. The molecule has 1 aliphatic heterocycles. The van der Waals surface area contributed by atoms with Crippen molar-refractivity contribution >= 4 is 46.4 Å². The highest BCUT2D eigenvalue weighted by molar-refractivity contribution is 7.66. The van der Waals surface area contributed by atoms with Crippen molar-refractivity contribution in [2.75, 3.05) is 25.5 Å². The van der Waals surface area contributed by atoms with E-state index in [2.05, 4.69) is 30.4 Å². The van der Waals surface area contributed by atoms with Crippen molar-refractivity contribution in [2.45, 2.75) is 44.9 Å². The van der Waals surface area contributed by atoms with Gasteiger partial charge in [-0.1, -0.05) is 25.7 Å². The first-order valence-corrected chi connectivity index (χ1v) is 16.9. The second-order valence-electron chi connectivity index (χ2n) is 9.60.